The van der Waals surface area contributed by atoms with Gasteiger partial charge in [0.15, 0.2) is 0 Å². The third-order valence-corrected chi connectivity index (χ3v) is 3.38. The molecule has 4 nitrogen and oxygen atoms in total. The van der Waals surface area contributed by atoms with E-state index in [9.17, 15) is 0 Å². The number of aromatic nitrogens is 2. The van der Waals surface area contributed by atoms with Gasteiger partial charge in [-0.05, 0) is 25.3 Å². The van der Waals surface area contributed by atoms with Crippen LogP contribution in [0.4, 0.5) is 0 Å². The quantitative estimate of drug-likeness (QED) is 0.787. The largest absolute Gasteiger partial charge is 0.361 e. The van der Waals surface area contributed by atoms with Crippen molar-refractivity contribution >= 4 is 10.8 Å². The number of rotatable bonds is 4. The minimum absolute atomic E-state index is 0.151. The summed E-state index contributed by atoms with van der Waals surface area (Å²) in [5.74, 6) is 0.831. The molecule has 1 atom stereocenters. The Balaban J connectivity index is 1.80. The highest BCUT2D eigenvalue weighted by atomic mass is 16.5. The van der Waals surface area contributed by atoms with Gasteiger partial charge in [-0.3, -0.25) is 4.98 Å². The van der Waals surface area contributed by atoms with Gasteiger partial charge < -0.3 is 9.84 Å². The predicted octanol–water partition coefficient (Wildman–Crippen LogP) is 3.38. The first-order valence-corrected chi connectivity index (χ1v) is 6.73. The number of fused-ring (bicyclic) bond motifs is 1. The maximum Gasteiger partial charge on any atom is 0.133 e. The van der Waals surface area contributed by atoms with Crippen molar-refractivity contribution in [3.8, 4) is 0 Å². The molecular weight excluding hydrogens is 250 g/mol. The zero-order valence-corrected chi connectivity index (χ0v) is 11.6. The average Bonchev–Trinajstić information content (AvgIpc) is 2.90. The highest BCUT2D eigenvalue weighted by Crippen LogP contribution is 2.21. The third-order valence-electron chi connectivity index (χ3n) is 3.38. The van der Waals surface area contributed by atoms with Crippen LogP contribution in [0, 0.1) is 6.92 Å². The Morgan fingerprint density at radius 3 is 2.90 bits per heavy atom. The molecule has 20 heavy (non-hydrogen) atoms. The van der Waals surface area contributed by atoms with Crippen molar-refractivity contribution in [1.82, 2.24) is 15.5 Å². The lowest BCUT2D eigenvalue weighted by molar-refractivity contribution is 0.386. The Kier molecular flexibility index (Phi) is 3.48. The van der Waals surface area contributed by atoms with Crippen molar-refractivity contribution in [1.29, 1.82) is 0 Å². The normalized spacial score (nSPS) is 12.7. The molecule has 0 aliphatic rings. The number of hydrogen-bond acceptors (Lipinski definition) is 4. The molecule has 0 aliphatic heterocycles. The molecule has 3 aromatic rings. The van der Waals surface area contributed by atoms with Crippen LogP contribution in [0.25, 0.3) is 10.8 Å². The van der Waals surface area contributed by atoms with Gasteiger partial charge in [0.2, 0.25) is 0 Å². The Morgan fingerprint density at radius 1 is 1.25 bits per heavy atom. The lowest BCUT2D eigenvalue weighted by Gasteiger charge is -2.14. The predicted molar refractivity (Wildman–Crippen MR) is 78.2 cm³/mol. The fourth-order valence-electron chi connectivity index (χ4n) is 2.34. The monoisotopic (exact) mass is 267 g/mol. The molecule has 0 amide bonds. The molecule has 0 fully saturated rings. The number of hydrogen-bond donors (Lipinski definition) is 1. The SMILES string of the molecule is Cc1cc(CNC(C)c2nccc3ccccc23)no1. The second-order valence-corrected chi connectivity index (χ2v) is 4.95. The summed E-state index contributed by atoms with van der Waals surface area (Å²) in [7, 11) is 0. The van der Waals surface area contributed by atoms with E-state index < -0.39 is 0 Å². The van der Waals surface area contributed by atoms with Crippen LogP contribution in [0.1, 0.15) is 30.1 Å². The summed E-state index contributed by atoms with van der Waals surface area (Å²) < 4.78 is 5.07. The summed E-state index contributed by atoms with van der Waals surface area (Å²) in [5.41, 5.74) is 1.97. The summed E-state index contributed by atoms with van der Waals surface area (Å²) in [4.78, 5) is 4.52. The minimum atomic E-state index is 0.151. The van der Waals surface area contributed by atoms with Crippen molar-refractivity contribution in [2.24, 2.45) is 0 Å². The molecule has 0 saturated carbocycles. The molecule has 2 heterocycles. The Morgan fingerprint density at radius 2 is 2.10 bits per heavy atom. The number of nitrogens with one attached hydrogen (secondary N) is 1. The van der Waals surface area contributed by atoms with E-state index in [1.165, 1.54) is 10.8 Å². The van der Waals surface area contributed by atoms with Crippen molar-refractivity contribution in [2.75, 3.05) is 0 Å². The van der Waals surface area contributed by atoms with E-state index in [1.54, 1.807) is 0 Å². The van der Waals surface area contributed by atoms with Crippen LogP contribution in [-0.2, 0) is 6.54 Å². The summed E-state index contributed by atoms with van der Waals surface area (Å²) in [6, 6.07) is 12.4. The van der Waals surface area contributed by atoms with E-state index in [0.717, 1.165) is 17.1 Å². The van der Waals surface area contributed by atoms with E-state index in [4.69, 9.17) is 4.52 Å². The highest BCUT2D eigenvalue weighted by molar-refractivity contribution is 5.84. The van der Waals surface area contributed by atoms with Crippen LogP contribution in [0.15, 0.2) is 47.1 Å². The van der Waals surface area contributed by atoms with Crippen LogP contribution in [0.2, 0.25) is 0 Å². The van der Waals surface area contributed by atoms with Gasteiger partial charge in [0.1, 0.15) is 5.76 Å². The van der Waals surface area contributed by atoms with E-state index in [2.05, 4.69) is 34.5 Å². The molecular formula is C16H17N3O. The van der Waals surface area contributed by atoms with Crippen molar-refractivity contribution in [3.05, 3.63) is 59.7 Å². The number of aryl methyl sites for hydroxylation is 1. The summed E-state index contributed by atoms with van der Waals surface area (Å²) >= 11 is 0. The first kappa shape index (κ1) is 12.8. The molecule has 0 saturated heterocycles. The second kappa shape index (κ2) is 5.43. The van der Waals surface area contributed by atoms with E-state index in [0.29, 0.717) is 6.54 Å². The first-order chi connectivity index (χ1) is 9.74. The van der Waals surface area contributed by atoms with E-state index in [-0.39, 0.29) is 6.04 Å². The van der Waals surface area contributed by atoms with Crippen molar-refractivity contribution in [2.45, 2.75) is 26.4 Å². The summed E-state index contributed by atoms with van der Waals surface area (Å²) in [5, 5.41) is 9.82. The van der Waals surface area contributed by atoms with Crippen LogP contribution >= 0.6 is 0 Å². The van der Waals surface area contributed by atoms with Crippen LogP contribution in [0.3, 0.4) is 0 Å². The molecule has 0 bridgehead atoms. The maximum atomic E-state index is 5.07. The molecule has 2 aromatic heterocycles. The summed E-state index contributed by atoms with van der Waals surface area (Å²) in [6.45, 7) is 4.68. The molecule has 4 heteroatoms. The van der Waals surface area contributed by atoms with Crippen molar-refractivity contribution in [3.63, 3.8) is 0 Å². The second-order valence-electron chi connectivity index (χ2n) is 4.95. The Bertz CT molecular complexity index is 715. The molecule has 0 spiro atoms. The van der Waals surface area contributed by atoms with Gasteiger partial charge in [-0.25, -0.2) is 0 Å². The lowest BCUT2D eigenvalue weighted by Crippen LogP contribution is -2.19. The Labute approximate surface area is 117 Å². The number of pyridine rings is 1. The fraction of sp³-hybridized carbons (Fsp3) is 0.250. The van der Waals surface area contributed by atoms with Gasteiger partial charge in [-0.2, -0.15) is 0 Å². The fourth-order valence-corrected chi connectivity index (χ4v) is 2.34. The van der Waals surface area contributed by atoms with Gasteiger partial charge in [0.25, 0.3) is 0 Å². The Hall–Kier alpha value is -2.20. The first-order valence-electron chi connectivity index (χ1n) is 6.73. The minimum Gasteiger partial charge on any atom is -0.361 e. The third kappa shape index (κ3) is 2.56. The van der Waals surface area contributed by atoms with Crippen LogP contribution < -0.4 is 5.32 Å². The number of benzene rings is 1. The standard InChI is InChI=1S/C16H17N3O/c1-11-9-14(19-20-11)10-18-12(2)16-15-6-4-3-5-13(15)7-8-17-16/h3-9,12,18H,10H2,1-2H3. The van der Waals surface area contributed by atoms with E-state index >= 15 is 0 Å². The maximum absolute atomic E-state index is 5.07. The molecule has 1 aromatic carbocycles. The lowest BCUT2D eigenvalue weighted by atomic mass is 10.1. The number of nitrogens with zero attached hydrogens (tertiary/aromatic N) is 2. The zero-order chi connectivity index (χ0) is 13.9. The molecule has 0 aliphatic carbocycles. The van der Waals surface area contributed by atoms with Gasteiger partial charge in [-0.15, -0.1) is 0 Å². The molecule has 3 rings (SSSR count). The molecule has 0 radical (unpaired) electrons. The zero-order valence-electron chi connectivity index (χ0n) is 11.6. The van der Waals surface area contributed by atoms with Gasteiger partial charge in [-0.1, -0.05) is 29.4 Å². The van der Waals surface area contributed by atoms with Crippen molar-refractivity contribution < 1.29 is 4.52 Å². The molecule has 102 valence electrons. The van der Waals surface area contributed by atoms with Gasteiger partial charge in [0.05, 0.1) is 11.4 Å². The topological polar surface area (TPSA) is 51.0 Å². The van der Waals surface area contributed by atoms with Crippen LogP contribution in [0.5, 0.6) is 0 Å². The van der Waals surface area contributed by atoms with Gasteiger partial charge in [0, 0.05) is 30.2 Å². The van der Waals surface area contributed by atoms with Gasteiger partial charge >= 0.3 is 0 Å². The summed E-state index contributed by atoms with van der Waals surface area (Å²) in [6.07, 6.45) is 1.86. The van der Waals surface area contributed by atoms with E-state index in [1.807, 2.05) is 37.4 Å². The molecule has 1 unspecified atom stereocenters. The average molecular weight is 267 g/mol. The smallest absolute Gasteiger partial charge is 0.133 e. The van der Waals surface area contributed by atoms with Crippen LogP contribution in [-0.4, -0.2) is 10.1 Å². The molecule has 1 N–H and O–H groups in total. The highest BCUT2D eigenvalue weighted by Gasteiger charge is 2.11.